The van der Waals surface area contributed by atoms with E-state index >= 15 is 0 Å². The molecule has 7 heteroatoms. The molecule has 1 amide bonds. The van der Waals surface area contributed by atoms with Gasteiger partial charge < -0.3 is 20.5 Å². The number of methoxy groups -OCH3 is 1. The summed E-state index contributed by atoms with van der Waals surface area (Å²) < 4.78 is 34.3. The highest BCUT2D eigenvalue weighted by atomic mass is 19.3. The smallest absolute Gasteiger partial charge is 0.387 e. The third-order valence-electron chi connectivity index (χ3n) is 2.64. The van der Waals surface area contributed by atoms with Gasteiger partial charge in [-0.2, -0.15) is 8.78 Å². The summed E-state index contributed by atoms with van der Waals surface area (Å²) in [6.45, 7) is -0.903. The van der Waals surface area contributed by atoms with Crippen molar-refractivity contribution in [2.75, 3.05) is 7.11 Å². The average Bonchev–Trinajstić information content (AvgIpc) is 2.36. The predicted octanol–water partition coefficient (Wildman–Crippen LogP) is 1.65. The van der Waals surface area contributed by atoms with Crippen molar-refractivity contribution in [3.05, 3.63) is 23.8 Å². The molecule has 0 saturated heterocycles. The van der Waals surface area contributed by atoms with E-state index in [1.807, 2.05) is 0 Å². The van der Waals surface area contributed by atoms with Crippen LogP contribution < -0.4 is 20.5 Å². The molecule has 0 heterocycles. The molecule has 0 saturated carbocycles. The summed E-state index contributed by atoms with van der Waals surface area (Å²) in [6, 6.07) is 4.68. The highest BCUT2D eigenvalue weighted by Crippen LogP contribution is 2.32. The highest BCUT2D eigenvalue weighted by Gasteiger charge is 2.16. The monoisotopic (exact) mass is 288 g/mol. The van der Waals surface area contributed by atoms with Crippen LogP contribution in [0.2, 0.25) is 0 Å². The van der Waals surface area contributed by atoms with E-state index in [1.54, 1.807) is 19.1 Å². The first kappa shape index (κ1) is 16.2. The number of alkyl halides is 2. The van der Waals surface area contributed by atoms with E-state index in [4.69, 9.17) is 10.5 Å². The van der Waals surface area contributed by atoms with Crippen LogP contribution in [0.1, 0.15) is 18.9 Å². The lowest BCUT2D eigenvalue weighted by Crippen LogP contribution is -2.30. The van der Waals surface area contributed by atoms with E-state index in [0.717, 1.165) is 0 Å². The number of hydrogen-bond donors (Lipinski definition) is 2. The van der Waals surface area contributed by atoms with Crippen LogP contribution in [0.5, 0.6) is 11.5 Å². The van der Waals surface area contributed by atoms with Gasteiger partial charge in [0, 0.05) is 24.6 Å². The standard InChI is InChI=1S/C13H18F2N2O3/c1-8(6-11(16)18)17-7-9-4-3-5-10(19-2)12(9)20-13(14)15/h3-5,8,13,17H,6-7H2,1-2H3,(H2,16,18). The summed E-state index contributed by atoms with van der Waals surface area (Å²) in [6.07, 6.45) is 0.162. The van der Waals surface area contributed by atoms with Crippen molar-refractivity contribution in [3.63, 3.8) is 0 Å². The zero-order valence-electron chi connectivity index (χ0n) is 11.4. The number of amides is 1. The number of carbonyl (C=O) groups is 1. The summed E-state index contributed by atoms with van der Waals surface area (Å²) in [5.74, 6) is -0.212. The second kappa shape index (κ2) is 7.64. The molecule has 112 valence electrons. The molecule has 1 unspecified atom stereocenters. The Kier molecular flexibility index (Phi) is 6.17. The van der Waals surface area contributed by atoms with E-state index in [9.17, 15) is 13.6 Å². The van der Waals surface area contributed by atoms with Crippen LogP contribution in [0.15, 0.2) is 18.2 Å². The summed E-state index contributed by atoms with van der Waals surface area (Å²) in [5.41, 5.74) is 5.60. The van der Waals surface area contributed by atoms with E-state index in [1.165, 1.54) is 13.2 Å². The number of hydrogen-bond acceptors (Lipinski definition) is 4. The molecule has 5 nitrogen and oxygen atoms in total. The summed E-state index contributed by atoms with van der Waals surface area (Å²) >= 11 is 0. The minimum absolute atomic E-state index is 0.0104. The Bertz CT molecular complexity index is 455. The van der Waals surface area contributed by atoms with Crippen molar-refractivity contribution in [1.82, 2.24) is 5.32 Å². The molecular weight excluding hydrogens is 270 g/mol. The Morgan fingerprint density at radius 2 is 2.15 bits per heavy atom. The van der Waals surface area contributed by atoms with Crippen LogP contribution in [-0.2, 0) is 11.3 Å². The topological polar surface area (TPSA) is 73.6 Å². The van der Waals surface area contributed by atoms with Crippen LogP contribution in [-0.4, -0.2) is 25.7 Å². The number of nitrogens with one attached hydrogen (secondary N) is 1. The van der Waals surface area contributed by atoms with Gasteiger partial charge >= 0.3 is 6.61 Å². The largest absolute Gasteiger partial charge is 0.493 e. The fraction of sp³-hybridized carbons (Fsp3) is 0.462. The number of carbonyl (C=O) groups excluding carboxylic acids is 1. The quantitative estimate of drug-likeness (QED) is 0.763. The zero-order valence-corrected chi connectivity index (χ0v) is 11.4. The first-order valence-electron chi connectivity index (χ1n) is 6.06. The van der Waals surface area contributed by atoms with Crippen molar-refractivity contribution in [3.8, 4) is 11.5 Å². The molecule has 0 aromatic heterocycles. The summed E-state index contributed by atoms with van der Waals surface area (Å²) in [5, 5.41) is 3.01. The van der Waals surface area contributed by atoms with Crippen LogP contribution in [0, 0.1) is 0 Å². The molecule has 1 rings (SSSR count). The van der Waals surface area contributed by atoms with Gasteiger partial charge in [-0.25, -0.2) is 0 Å². The number of halogens is 2. The maximum absolute atomic E-state index is 12.4. The highest BCUT2D eigenvalue weighted by molar-refractivity contribution is 5.74. The lowest BCUT2D eigenvalue weighted by molar-refractivity contribution is -0.118. The molecule has 0 aliphatic heterocycles. The Morgan fingerprint density at radius 3 is 2.70 bits per heavy atom. The van der Waals surface area contributed by atoms with Crippen LogP contribution in [0.25, 0.3) is 0 Å². The van der Waals surface area contributed by atoms with E-state index in [2.05, 4.69) is 10.1 Å². The summed E-state index contributed by atoms with van der Waals surface area (Å²) in [7, 11) is 1.38. The van der Waals surface area contributed by atoms with E-state index in [0.29, 0.717) is 5.56 Å². The molecule has 20 heavy (non-hydrogen) atoms. The fourth-order valence-electron chi connectivity index (χ4n) is 1.74. The van der Waals surface area contributed by atoms with Gasteiger partial charge in [0.1, 0.15) is 0 Å². The van der Waals surface area contributed by atoms with Crippen LogP contribution in [0.3, 0.4) is 0 Å². The van der Waals surface area contributed by atoms with Crippen molar-refractivity contribution in [2.24, 2.45) is 5.73 Å². The fourth-order valence-corrected chi connectivity index (χ4v) is 1.74. The molecule has 0 bridgehead atoms. The molecule has 0 spiro atoms. The molecule has 0 fully saturated rings. The molecular formula is C13H18F2N2O3. The predicted molar refractivity (Wildman–Crippen MR) is 69.7 cm³/mol. The number of primary amides is 1. The lowest BCUT2D eigenvalue weighted by Gasteiger charge is -2.17. The van der Waals surface area contributed by atoms with Gasteiger partial charge in [-0.15, -0.1) is 0 Å². The molecule has 1 aromatic rings. The van der Waals surface area contributed by atoms with Gasteiger partial charge in [0.25, 0.3) is 0 Å². The average molecular weight is 288 g/mol. The normalized spacial score (nSPS) is 12.2. The van der Waals surface area contributed by atoms with Gasteiger partial charge in [-0.3, -0.25) is 4.79 Å². The molecule has 0 aliphatic carbocycles. The van der Waals surface area contributed by atoms with Crippen LogP contribution in [0.4, 0.5) is 8.78 Å². The number of rotatable bonds is 8. The van der Waals surface area contributed by atoms with E-state index < -0.39 is 12.5 Å². The van der Waals surface area contributed by atoms with E-state index in [-0.39, 0.29) is 30.5 Å². The molecule has 0 radical (unpaired) electrons. The van der Waals surface area contributed by atoms with Gasteiger partial charge in [-0.1, -0.05) is 12.1 Å². The lowest BCUT2D eigenvalue weighted by atomic mass is 10.1. The molecule has 0 aliphatic rings. The van der Waals surface area contributed by atoms with Gasteiger partial charge in [-0.05, 0) is 13.0 Å². The molecule has 1 atom stereocenters. The van der Waals surface area contributed by atoms with Gasteiger partial charge in [0.15, 0.2) is 11.5 Å². The first-order chi connectivity index (χ1) is 9.43. The second-order valence-electron chi connectivity index (χ2n) is 4.28. The van der Waals surface area contributed by atoms with Crippen molar-refractivity contribution < 1.29 is 23.0 Å². The summed E-state index contributed by atoms with van der Waals surface area (Å²) in [4.78, 5) is 10.8. The minimum atomic E-state index is -2.94. The van der Waals surface area contributed by atoms with Crippen LogP contribution >= 0.6 is 0 Å². The number of benzene rings is 1. The third-order valence-corrected chi connectivity index (χ3v) is 2.64. The van der Waals surface area contributed by atoms with Crippen molar-refractivity contribution >= 4 is 5.91 Å². The van der Waals surface area contributed by atoms with Crippen molar-refractivity contribution in [1.29, 1.82) is 0 Å². The zero-order chi connectivity index (χ0) is 15.1. The Hall–Kier alpha value is -1.89. The first-order valence-corrected chi connectivity index (χ1v) is 6.06. The third kappa shape index (κ3) is 5.00. The van der Waals surface area contributed by atoms with Gasteiger partial charge in [0.2, 0.25) is 5.91 Å². The van der Waals surface area contributed by atoms with Crippen molar-refractivity contribution in [2.45, 2.75) is 32.5 Å². The molecule has 3 N–H and O–H groups in total. The van der Waals surface area contributed by atoms with Gasteiger partial charge in [0.05, 0.1) is 7.11 Å². The number of ether oxygens (including phenoxy) is 2. The second-order valence-corrected chi connectivity index (χ2v) is 4.28. The Morgan fingerprint density at radius 1 is 1.45 bits per heavy atom. The SMILES string of the molecule is COc1cccc(CNC(C)CC(N)=O)c1OC(F)F. The number of para-hydroxylation sites is 1. The Labute approximate surface area is 116 Å². The minimum Gasteiger partial charge on any atom is -0.493 e. The maximum atomic E-state index is 12.4. The molecule has 1 aromatic carbocycles. The Balaban J connectivity index is 2.80. The number of nitrogens with two attached hydrogens (primary N) is 1. The maximum Gasteiger partial charge on any atom is 0.387 e.